The summed E-state index contributed by atoms with van der Waals surface area (Å²) < 4.78 is 12.9. The Kier molecular flexibility index (Phi) is 7.63. The Morgan fingerprint density at radius 3 is 1.80 bits per heavy atom. The Hall–Kier alpha value is -6.85. The van der Waals surface area contributed by atoms with E-state index in [4.69, 9.17) is 18.8 Å². The van der Waals surface area contributed by atoms with E-state index in [0.29, 0.717) is 18.2 Å². The third kappa shape index (κ3) is 5.51. The summed E-state index contributed by atoms with van der Waals surface area (Å²) in [5.41, 5.74) is 10.3. The van der Waals surface area contributed by atoms with Crippen LogP contribution in [0.5, 0.6) is 0 Å². The number of nitrogens with zero attached hydrogens (tertiary/aromatic N) is 3. The van der Waals surface area contributed by atoms with Gasteiger partial charge in [0.1, 0.15) is 22.3 Å². The van der Waals surface area contributed by atoms with E-state index in [1.807, 2.05) is 78.9 Å². The number of benzene rings is 7. The fourth-order valence-electron chi connectivity index (χ4n) is 6.89. The minimum Gasteiger partial charge on any atom is -0.456 e. The summed E-state index contributed by atoms with van der Waals surface area (Å²) in [5, 5.41) is 3.87. The number of rotatable bonds is 6. The topological polar surface area (TPSA) is 63.4 Å². The third-order valence-electron chi connectivity index (χ3n) is 9.33. The second kappa shape index (κ2) is 12.9. The van der Waals surface area contributed by atoms with Gasteiger partial charge in [0.25, 0.3) is 0 Å². The van der Waals surface area contributed by atoms with Crippen LogP contribution in [-0.4, -0.2) is 18.4 Å². The Morgan fingerprint density at radius 2 is 1.06 bits per heavy atom. The number of furan rings is 2. The first kappa shape index (κ1) is 30.2. The van der Waals surface area contributed by atoms with Crippen molar-refractivity contribution in [2.24, 2.45) is 15.0 Å². The van der Waals surface area contributed by atoms with Crippen molar-refractivity contribution in [3.8, 4) is 22.3 Å². The van der Waals surface area contributed by atoms with Gasteiger partial charge in [-0.25, -0.2) is 9.98 Å². The first-order valence-corrected chi connectivity index (χ1v) is 16.9. The highest BCUT2D eigenvalue weighted by Gasteiger charge is 2.21. The Bertz CT molecular complexity index is 2770. The van der Waals surface area contributed by atoms with Gasteiger partial charge in [-0.05, 0) is 59.3 Å². The molecule has 242 valence electrons. The fourth-order valence-corrected chi connectivity index (χ4v) is 6.89. The van der Waals surface area contributed by atoms with Crippen molar-refractivity contribution in [2.45, 2.75) is 6.54 Å². The van der Waals surface area contributed by atoms with Crippen molar-refractivity contribution in [1.82, 2.24) is 0 Å². The molecule has 0 unspecified atom stereocenters. The highest BCUT2D eigenvalue weighted by molar-refractivity contribution is 6.26. The summed E-state index contributed by atoms with van der Waals surface area (Å²) in [7, 11) is 0. The molecule has 9 rings (SSSR count). The van der Waals surface area contributed by atoms with Crippen LogP contribution in [-0.2, 0) is 6.54 Å². The molecule has 0 aliphatic carbocycles. The second-order valence-electron chi connectivity index (χ2n) is 12.4. The van der Waals surface area contributed by atoms with Crippen LogP contribution in [0.1, 0.15) is 16.7 Å². The molecule has 7 aromatic carbocycles. The predicted octanol–water partition coefficient (Wildman–Crippen LogP) is 11.9. The number of amidine groups is 2. The Balaban J connectivity index is 1.23. The molecule has 0 aliphatic rings. The lowest BCUT2D eigenvalue weighted by Gasteiger charge is -2.10. The molecule has 2 heterocycles. The van der Waals surface area contributed by atoms with E-state index in [1.165, 1.54) is 5.56 Å². The molecule has 2 aromatic heterocycles. The normalized spacial score (nSPS) is 12.3. The predicted molar refractivity (Wildman–Crippen MR) is 211 cm³/mol. The first-order valence-electron chi connectivity index (χ1n) is 16.9. The van der Waals surface area contributed by atoms with Crippen LogP contribution in [0.4, 0.5) is 0 Å². The van der Waals surface area contributed by atoms with Crippen LogP contribution in [0.3, 0.4) is 0 Å². The summed E-state index contributed by atoms with van der Waals surface area (Å²) in [6, 6.07) is 55.5. The SMILES string of the molecule is C=NC(=NC(=NCc1ccccc1)c1cccc2oc3ccccc3c12)c1ccc(-c2ccc(-c3ccccc3)cc2)c2oc3ccccc3c12. The van der Waals surface area contributed by atoms with Gasteiger partial charge in [-0.3, -0.25) is 4.99 Å². The van der Waals surface area contributed by atoms with Crippen LogP contribution in [0.2, 0.25) is 0 Å². The number of para-hydroxylation sites is 2. The monoisotopic (exact) mass is 657 g/mol. The summed E-state index contributed by atoms with van der Waals surface area (Å²) in [6.45, 7) is 4.45. The molecule has 0 bridgehead atoms. The van der Waals surface area contributed by atoms with E-state index in [2.05, 4.69) is 96.6 Å². The van der Waals surface area contributed by atoms with Crippen LogP contribution in [0.15, 0.2) is 188 Å². The van der Waals surface area contributed by atoms with Gasteiger partial charge in [-0.2, -0.15) is 0 Å². The van der Waals surface area contributed by atoms with Crippen LogP contribution < -0.4 is 0 Å². The molecule has 5 nitrogen and oxygen atoms in total. The van der Waals surface area contributed by atoms with Crippen molar-refractivity contribution in [3.05, 3.63) is 180 Å². The maximum Gasteiger partial charge on any atom is 0.161 e. The highest BCUT2D eigenvalue weighted by atomic mass is 16.3. The maximum absolute atomic E-state index is 6.62. The molecule has 0 atom stereocenters. The van der Waals surface area contributed by atoms with Crippen molar-refractivity contribution in [1.29, 1.82) is 0 Å². The van der Waals surface area contributed by atoms with E-state index in [0.717, 1.165) is 77.3 Å². The van der Waals surface area contributed by atoms with Gasteiger partial charge >= 0.3 is 0 Å². The first-order chi connectivity index (χ1) is 25.2. The van der Waals surface area contributed by atoms with E-state index < -0.39 is 0 Å². The molecule has 0 radical (unpaired) electrons. The van der Waals surface area contributed by atoms with Crippen molar-refractivity contribution < 1.29 is 8.83 Å². The maximum atomic E-state index is 6.62. The molecule has 0 fully saturated rings. The minimum atomic E-state index is 0.443. The number of hydrogen-bond acceptors (Lipinski definition) is 3. The number of hydrogen-bond donors (Lipinski definition) is 0. The minimum absolute atomic E-state index is 0.443. The van der Waals surface area contributed by atoms with Gasteiger partial charge in [0.2, 0.25) is 0 Å². The lowest BCUT2D eigenvalue weighted by atomic mass is 9.96. The van der Waals surface area contributed by atoms with Gasteiger partial charge in [-0.1, -0.05) is 133 Å². The number of fused-ring (bicyclic) bond motifs is 6. The molecular weight excluding hydrogens is 627 g/mol. The lowest BCUT2D eigenvalue weighted by molar-refractivity contribution is 0.669. The molecule has 0 amide bonds. The largest absolute Gasteiger partial charge is 0.456 e. The summed E-state index contributed by atoms with van der Waals surface area (Å²) in [4.78, 5) is 14.9. The molecule has 9 aromatic rings. The zero-order valence-electron chi connectivity index (χ0n) is 27.7. The van der Waals surface area contributed by atoms with Gasteiger partial charge in [0, 0.05) is 38.2 Å². The molecule has 0 saturated heterocycles. The molecule has 0 aliphatic heterocycles. The second-order valence-corrected chi connectivity index (χ2v) is 12.4. The van der Waals surface area contributed by atoms with Crippen LogP contribution in [0, 0.1) is 0 Å². The zero-order valence-corrected chi connectivity index (χ0v) is 27.7. The van der Waals surface area contributed by atoms with Gasteiger partial charge in [-0.15, -0.1) is 0 Å². The molecule has 51 heavy (non-hydrogen) atoms. The van der Waals surface area contributed by atoms with E-state index in [1.54, 1.807) is 0 Å². The summed E-state index contributed by atoms with van der Waals surface area (Å²) in [6.07, 6.45) is 0. The van der Waals surface area contributed by atoms with E-state index in [-0.39, 0.29) is 0 Å². The molecule has 0 spiro atoms. The van der Waals surface area contributed by atoms with Crippen molar-refractivity contribution >= 4 is 62.3 Å². The average molecular weight is 658 g/mol. The lowest BCUT2D eigenvalue weighted by Crippen LogP contribution is -2.06. The molecule has 0 N–H and O–H groups in total. The molecule has 0 saturated carbocycles. The third-order valence-corrected chi connectivity index (χ3v) is 9.33. The molecular formula is C46H31N3O2. The standard InChI is InChI=1S/C46H31N3O2/c1-47-45(49-46(48-29-30-13-4-2-5-14-30)37-19-12-22-41-42(37)35-17-8-10-20-39(35)50-41)38-28-27-34(44-43(38)36-18-9-11-21-40(36)51-44)33-25-23-32(24-26-33)31-15-6-3-7-16-31/h2-28H,1,29H2. The summed E-state index contributed by atoms with van der Waals surface area (Å²) in [5.74, 6) is 0.995. The van der Waals surface area contributed by atoms with Gasteiger partial charge < -0.3 is 8.83 Å². The van der Waals surface area contributed by atoms with Crippen LogP contribution >= 0.6 is 0 Å². The van der Waals surface area contributed by atoms with E-state index in [9.17, 15) is 0 Å². The van der Waals surface area contributed by atoms with Crippen molar-refractivity contribution in [3.63, 3.8) is 0 Å². The van der Waals surface area contributed by atoms with E-state index >= 15 is 0 Å². The van der Waals surface area contributed by atoms with Crippen LogP contribution in [0.25, 0.3) is 66.1 Å². The smallest absolute Gasteiger partial charge is 0.161 e. The number of aliphatic imine (C=N–C) groups is 3. The molecule has 5 heteroatoms. The summed E-state index contributed by atoms with van der Waals surface area (Å²) >= 11 is 0. The Morgan fingerprint density at radius 1 is 0.471 bits per heavy atom. The fraction of sp³-hybridized carbons (Fsp3) is 0.0217. The van der Waals surface area contributed by atoms with Crippen molar-refractivity contribution in [2.75, 3.05) is 0 Å². The average Bonchev–Trinajstić information content (AvgIpc) is 3.78. The highest BCUT2D eigenvalue weighted by Crippen LogP contribution is 2.39. The van der Waals surface area contributed by atoms with Gasteiger partial charge in [0.05, 0.1) is 6.54 Å². The quantitative estimate of drug-likeness (QED) is 0.132. The van der Waals surface area contributed by atoms with Gasteiger partial charge in [0.15, 0.2) is 11.7 Å². The zero-order chi connectivity index (χ0) is 34.1. The Labute approximate surface area is 294 Å².